The molecule has 2 aliphatic heterocycles. The molecule has 5 rings (SSSR count). The Balaban J connectivity index is 1.64. The zero-order chi connectivity index (χ0) is 23.1. The number of ether oxygens (including phenoxy) is 1. The second-order valence-electron chi connectivity index (χ2n) is 8.29. The van der Waals surface area contributed by atoms with Gasteiger partial charge in [-0.15, -0.1) is 0 Å². The number of carbonyl (C=O) groups excluding carboxylic acids is 2. The average molecular weight is 461 g/mol. The number of nitrogens with zero attached hydrogens (tertiary/aromatic N) is 2. The second kappa shape index (κ2) is 8.37. The lowest BCUT2D eigenvalue weighted by Gasteiger charge is -2.25. The van der Waals surface area contributed by atoms with Crippen molar-refractivity contribution in [3.63, 3.8) is 0 Å². The summed E-state index contributed by atoms with van der Waals surface area (Å²) >= 11 is 6.24. The number of hydrogen-bond donors (Lipinski definition) is 1. The van der Waals surface area contributed by atoms with Crippen LogP contribution in [0.2, 0.25) is 5.02 Å². The van der Waals surface area contributed by atoms with Gasteiger partial charge in [0.05, 0.1) is 11.6 Å². The lowest BCUT2D eigenvalue weighted by atomic mass is 9.94. The first-order valence-corrected chi connectivity index (χ1v) is 11.0. The summed E-state index contributed by atoms with van der Waals surface area (Å²) in [5.74, 6) is -0.838. The van der Waals surface area contributed by atoms with Crippen LogP contribution in [0.5, 0.6) is 5.75 Å². The number of pyridine rings is 1. The number of halogens is 1. The number of hydrogen-bond acceptors (Lipinski definition) is 5. The number of aliphatic hydroxyl groups excluding tert-OH is 1. The van der Waals surface area contributed by atoms with Crippen LogP contribution in [0.3, 0.4) is 0 Å². The van der Waals surface area contributed by atoms with Gasteiger partial charge in [-0.1, -0.05) is 23.7 Å². The van der Waals surface area contributed by atoms with Crippen molar-refractivity contribution in [1.82, 2.24) is 9.88 Å². The van der Waals surface area contributed by atoms with Crippen molar-refractivity contribution in [3.05, 3.63) is 99.8 Å². The minimum absolute atomic E-state index is 0.0447. The fraction of sp³-hybridized carbons (Fsp3) is 0.192. The molecule has 1 aromatic heterocycles. The molecule has 1 N–H and O–H groups in total. The van der Waals surface area contributed by atoms with Crippen molar-refractivity contribution in [2.45, 2.75) is 32.0 Å². The molecular weight excluding hydrogens is 440 g/mol. The molecule has 33 heavy (non-hydrogen) atoms. The van der Waals surface area contributed by atoms with Crippen LogP contribution in [0.1, 0.15) is 35.2 Å². The van der Waals surface area contributed by atoms with Crippen LogP contribution in [0.25, 0.3) is 5.76 Å². The Morgan fingerprint density at radius 3 is 2.70 bits per heavy atom. The summed E-state index contributed by atoms with van der Waals surface area (Å²) in [6, 6.07) is 15.1. The number of carbonyl (C=O) groups is 2. The summed E-state index contributed by atoms with van der Waals surface area (Å²) < 4.78 is 5.75. The summed E-state index contributed by atoms with van der Waals surface area (Å²) in [5.41, 5.74) is 2.94. The molecule has 166 valence electrons. The fourth-order valence-electron chi connectivity index (χ4n) is 4.48. The Morgan fingerprint density at radius 2 is 1.94 bits per heavy atom. The largest absolute Gasteiger partial charge is 0.507 e. The summed E-state index contributed by atoms with van der Waals surface area (Å²) in [5, 5.41) is 11.8. The lowest BCUT2D eigenvalue weighted by Crippen LogP contribution is -2.29. The maximum absolute atomic E-state index is 13.2. The third-order valence-corrected chi connectivity index (χ3v) is 6.21. The normalized spacial score (nSPS) is 21.2. The SMILES string of the molecule is C[C@H]1Cc2cc(C(O)=C3C(=O)C(=O)N(Cc4ccncc4)[C@H]3c3cccc(Cl)c3)ccc2O1. The highest BCUT2D eigenvalue weighted by atomic mass is 35.5. The maximum atomic E-state index is 13.2. The molecule has 2 aliphatic rings. The minimum Gasteiger partial charge on any atom is -0.507 e. The number of ketones is 1. The monoisotopic (exact) mass is 460 g/mol. The van der Waals surface area contributed by atoms with Crippen molar-refractivity contribution < 1.29 is 19.4 Å². The van der Waals surface area contributed by atoms with Crippen molar-refractivity contribution in [2.75, 3.05) is 0 Å². The van der Waals surface area contributed by atoms with E-state index in [4.69, 9.17) is 16.3 Å². The standard InChI is InChI=1S/C26H21ClN2O4/c1-15-11-19-12-18(5-6-21(19)33-15)24(30)22-23(17-3-2-4-20(27)13-17)29(26(32)25(22)31)14-16-7-9-28-10-8-16/h2-10,12-13,15,23,30H,11,14H2,1H3/t15-,23-/m0/s1. The maximum Gasteiger partial charge on any atom is 0.295 e. The Kier molecular flexibility index (Phi) is 5.38. The molecule has 1 fully saturated rings. The number of amides is 1. The summed E-state index contributed by atoms with van der Waals surface area (Å²) in [6.45, 7) is 2.17. The van der Waals surface area contributed by atoms with Crippen LogP contribution in [0.15, 0.2) is 72.6 Å². The zero-order valence-electron chi connectivity index (χ0n) is 17.9. The van der Waals surface area contributed by atoms with Gasteiger partial charge in [-0.2, -0.15) is 0 Å². The molecule has 2 atom stereocenters. The molecule has 0 radical (unpaired) electrons. The number of benzene rings is 2. The lowest BCUT2D eigenvalue weighted by molar-refractivity contribution is -0.140. The molecule has 6 nitrogen and oxygen atoms in total. The number of aliphatic hydroxyl groups is 1. The molecule has 7 heteroatoms. The third-order valence-electron chi connectivity index (χ3n) is 5.98. The van der Waals surface area contributed by atoms with E-state index >= 15 is 0 Å². The quantitative estimate of drug-likeness (QED) is 0.347. The fourth-order valence-corrected chi connectivity index (χ4v) is 4.67. The van der Waals surface area contributed by atoms with Gasteiger partial charge in [0.25, 0.3) is 11.7 Å². The van der Waals surface area contributed by atoms with Crippen LogP contribution in [0.4, 0.5) is 0 Å². The van der Waals surface area contributed by atoms with Gasteiger partial charge in [-0.25, -0.2) is 0 Å². The summed E-state index contributed by atoms with van der Waals surface area (Å²) in [4.78, 5) is 31.8. The number of rotatable bonds is 4. The van der Waals surface area contributed by atoms with Gasteiger partial charge in [0, 0.05) is 35.9 Å². The van der Waals surface area contributed by atoms with Gasteiger partial charge >= 0.3 is 0 Å². The summed E-state index contributed by atoms with van der Waals surface area (Å²) in [6.07, 6.45) is 4.03. The molecule has 0 saturated carbocycles. The molecule has 0 bridgehead atoms. The van der Waals surface area contributed by atoms with E-state index < -0.39 is 17.7 Å². The van der Waals surface area contributed by atoms with E-state index in [9.17, 15) is 14.7 Å². The van der Waals surface area contributed by atoms with Gasteiger partial charge in [-0.3, -0.25) is 14.6 Å². The minimum atomic E-state index is -0.778. The highest BCUT2D eigenvalue weighted by Crippen LogP contribution is 2.41. The van der Waals surface area contributed by atoms with Crippen molar-refractivity contribution in [2.24, 2.45) is 0 Å². The van der Waals surface area contributed by atoms with Gasteiger partial charge in [0.2, 0.25) is 0 Å². The number of fused-ring (bicyclic) bond motifs is 1. The van der Waals surface area contributed by atoms with Crippen LogP contribution in [0, 0.1) is 0 Å². The van der Waals surface area contributed by atoms with Crippen LogP contribution >= 0.6 is 11.6 Å². The number of Topliss-reactive ketones (excluding diaryl/α,β-unsaturated/α-hetero) is 1. The highest BCUT2D eigenvalue weighted by molar-refractivity contribution is 6.46. The van der Waals surface area contributed by atoms with Crippen LogP contribution < -0.4 is 4.74 Å². The van der Waals surface area contributed by atoms with Crippen molar-refractivity contribution in [3.8, 4) is 5.75 Å². The van der Waals surface area contributed by atoms with Gasteiger partial charge in [0.15, 0.2) is 0 Å². The smallest absolute Gasteiger partial charge is 0.295 e. The average Bonchev–Trinajstić information content (AvgIpc) is 3.30. The van der Waals surface area contributed by atoms with Gasteiger partial charge < -0.3 is 14.7 Å². The van der Waals surface area contributed by atoms with Gasteiger partial charge in [0.1, 0.15) is 17.6 Å². The Hall–Kier alpha value is -3.64. The molecule has 1 saturated heterocycles. The van der Waals surface area contributed by atoms with E-state index in [1.165, 1.54) is 4.90 Å². The molecule has 1 amide bonds. The van der Waals surface area contributed by atoms with E-state index in [2.05, 4.69) is 4.98 Å². The molecule has 0 unspecified atom stereocenters. The van der Waals surface area contributed by atoms with E-state index in [0.29, 0.717) is 22.6 Å². The molecule has 3 aromatic rings. The predicted octanol–water partition coefficient (Wildman–Crippen LogP) is 4.68. The molecule has 0 spiro atoms. The third kappa shape index (κ3) is 3.87. The van der Waals surface area contributed by atoms with Crippen LogP contribution in [-0.4, -0.2) is 32.8 Å². The van der Waals surface area contributed by atoms with Crippen molar-refractivity contribution in [1.29, 1.82) is 0 Å². The van der Waals surface area contributed by atoms with Gasteiger partial charge in [-0.05, 0) is 66.1 Å². The number of aromatic nitrogens is 1. The van der Waals surface area contributed by atoms with E-state index in [1.807, 2.05) is 13.0 Å². The topological polar surface area (TPSA) is 79.7 Å². The second-order valence-corrected chi connectivity index (χ2v) is 8.73. The molecule has 3 heterocycles. The Bertz CT molecular complexity index is 1290. The Labute approximate surface area is 196 Å². The van der Waals surface area contributed by atoms with Crippen LogP contribution in [-0.2, 0) is 22.6 Å². The first kappa shape index (κ1) is 21.2. The number of likely N-dealkylation sites (tertiary alicyclic amines) is 1. The molecule has 0 aliphatic carbocycles. The highest BCUT2D eigenvalue weighted by Gasteiger charge is 2.46. The summed E-state index contributed by atoms with van der Waals surface area (Å²) in [7, 11) is 0. The first-order chi connectivity index (χ1) is 15.9. The van der Waals surface area contributed by atoms with E-state index in [0.717, 1.165) is 16.9 Å². The van der Waals surface area contributed by atoms with E-state index in [-0.39, 0.29) is 24.0 Å². The molecule has 2 aromatic carbocycles. The molecular formula is C26H21ClN2O4. The van der Waals surface area contributed by atoms with Crippen molar-refractivity contribution >= 4 is 29.1 Å². The zero-order valence-corrected chi connectivity index (χ0v) is 18.6. The van der Waals surface area contributed by atoms with E-state index in [1.54, 1.807) is 60.9 Å². The predicted molar refractivity (Wildman–Crippen MR) is 124 cm³/mol. The Morgan fingerprint density at radius 1 is 1.15 bits per heavy atom. The first-order valence-electron chi connectivity index (χ1n) is 10.6.